The lowest BCUT2D eigenvalue weighted by Gasteiger charge is -2.38. The standard InChI is InChI=1S/C16H29NO2/c1-13-8-10-16(12-18,11-9-13)17-15(19)7-6-14-4-2-3-5-14/h13-14,18H,2-12H2,1H3,(H,17,19). The van der Waals surface area contributed by atoms with Gasteiger partial charge >= 0.3 is 0 Å². The third-order valence-electron chi connectivity index (χ3n) is 5.19. The van der Waals surface area contributed by atoms with Gasteiger partial charge in [0.1, 0.15) is 0 Å². The summed E-state index contributed by atoms with van der Waals surface area (Å²) in [5.74, 6) is 1.65. The summed E-state index contributed by atoms with van der Waals surface area (Å²) in [6.45, 7) is 2.35. The SMILES string of the molecule is CC1CCC(CO)(NC(=O)CCC2CCCC2)CC1. The minimum absolute atomic E-state index is 0.0922. The van der Waals surface area contributed by atoms with Gasteiger partial charge in [0.15, 0.2) is 0 Å². The summed E-state index contributed by atoms with van der Waals surface area (Å²) in [6.07, 6.45) is 11.0. The van der Waals surface area contributed by atoms with E-state index in [1.807, 2.05) is 0 Å². The van der Waals surface area contributed by atoms with Crippen molar-refractivity contribution in [2.75, 3.05) is 6.61 Å². The quantitative estimate of drug-likeness (QED) is 0.804. The van der Waals surface area contributed by atoms with Gasteiger partial charge in [0.25, 0.3) is 0 Å². The molecule has 0 atom stereocenters. The average Bonchev–Trinajstić information content (AvgIpc) is 2.93. The number of aliphatic hydroxyl groups is 1. The Morgan fingerprint density at radius 2 is 1.84 bits per heavy atom. The summed E-state index contributed by atoms with van der Waals surface area (Å²) in [5.41, 5.74) is -0.320. The van der Waals surface area contributed by atoms with Gasteiger partial charge < -0.3 is 10.4 Å². The van der Waals surface area contributed by atoms with E-state index >= 15 is 0 Å². The number of carbonyl (C=O) groups is 1. The second-order valence-electron chi connectivity index (χ2n) is 6.86. The van der Waals surface area contributed by atoms with E-state index in [0.717, 1.165) is 43.9 Å². The number of carbonyl (C=O) groups excluding carboxylic acids is 1. The van der Waals surface area contributed by atoms with E-state index < -0.39 is 0 Å². The fourth-order valence-electron chi connectivity index (χ4n) is 3.63. The minimum Gasteiger partial charge on any atom is -0.394 e. The Kier molecular flexibility index (Phi) is 5.26. The maximum absolute atomic E-state index is 12.1. The van der Waals surface area contributed by atoms with Crippen LogP contribution in [-0.2, 0) is 4.79 Å². The number of rotatable bonds is 5. The summed E-state index contributed by atoms with van der Waals surface area (Å²) in [5, 5.41) is 12.8. The third kappa shape index (κ3) is 4.20. The Morgan fingerprint density at radius 3 is 2.42 bits per heavy atom. The van der Waals surface area contributed by atoms with E-state index in [-0.39, 0.29) is 18.1 Å². The maximum Gasteiger partial charge on any atom is 0.220 e. The van der Waals surface area contributed by atoms with Gasteiger partial charge in [0.05, 0.1) is 12.1 Å². The fraction of sp³-hybridized carbons (Fsp3) is 0.938. The molecule has 0 aromatic carbocycles. The van der Waals surface area contributed by atoms with E-state index in [1.54, 1.807) is 0 Å². The molecule has 0 saturated heterocycles. The first-order valence-electron chi connectivity index (χ1n) is 8.05. The van der Waals surface area contributed by atoms with Gasteiger partial charge in [-0.3, -0.25) is 4.79 Å². The van der Waals surface area contributed by atoms with Crippen molar-refractivity contribution in [3.8, 4) is 0 Å². The van der Waals surface area contributed by atoms with Gasteiger partial charge in [-0.2, -0.15) is 0 Å². The zero-order valence-corrected chi connectivity index (χ0v) is 12.3. The number of hydrogen-bond acceptors (Lipinski definition) is 2. The molecule has 2 fully saturated rings. The molecular weight excluding hydrogens is 238 g/mol. The average molecular weight is 267 g/mol. The molecule has 0 radical (unpaired) electrons. The first kappa shape index (κ1) is 14.8. The van der Waals surface area contributed by atoms with Crippen LogP contribution in [0.3, 0.4) is 0 Å². The fourth-order valence-corrected chi connectivity index (χ4v) is 3.63. The van der Waals surface area contributed by atoms with Gasteiger partial charge in [-0.15, -0.1) is 0 Å². The van der Waals surface area contributed by atoms with Crippen LogP contribution in [0.25, 0.3) is 0 Å². The summed E-state index contributed by atoms with van der Waals surface area (Å²) in [7, 11) is 0. The van der Waals surface area contributed by atoms with Gasteiger partial charge in [0, 0.05) is 6.42 Å². The number of amides is 1. The van der Waals surface area contributed by atoms with Crippen LogP contribution in [0.5, 0.6) is 0 Å². The van der Waals surface area contributed by atoms with Crippen LogP contribution in [0.4, 0.5) is 0 Å². The van der Waals surface area contributed by atoms with Crippen LogP contribution >= 0.6 is 0 Å². The molecule has 0 spiro atoms. The molecule has 0 bridgehead atoms. The van der Waals surface area contributed by atoms with E-state index in [4.69, 9.17) is 0 Å². The summed E-state index contributed by atoms with van der Waals surface area (Å²) in [6, 6.07) is 0. The van der Waals surface area contributed by atoms with Gasteiger partial charge in [0.2, 0.25) is 5.91 Å². The number of hydrogen-bond donors (Lipinski definition) is 2. The number of nitrogens with one attached hydrogen (secondary N) is 1. The van der Waals surface area contributed by atoms with Crippen molar-refractivity contribution in [2.45, 2.75) is 76.7 Å². The summed E-state index contributed by atoms with van der Waals surface area (Å²) in [4.78, 5) is 12.1. The monoisotopic (exact) mass is 267 g/mol. The molecule has 2 N–H and O–H groups in total. The molecule has 1 amide bonds. The number of aliphatic hydroxyl groups excluding tert-OH is 1. The van der Waals surface area contributed by atoms with Crippen LogP contribution in [0.2, 0.25) is 0 Å². The highest BCUT2D eigenvalue weighted by atomic mass is 16.3. The molecule has 0 aliphatic heterocycles. The van der Waals surface area contributed by atoms with Crippen molar-refractivity contribution in [3.05, 3.63) is 0 Å². The zero-order valence-electron chi connectivity index (χ0n) is 12.3. The van der Waals surface area contributed by atoms with Gasteiger partial charge in [-0.05, 0) is 43.9 Å². The normalized spacial score (nSPS) is 32.4. The molecule has 3 nitrogen and oxygen atoms in total. The van der Waals surface area contributed by atoms with Crippen LogP contribution in [0, 0.1) is 11.8 Å². The van der Waals surface area contributed by atoms with Crippen molar-refractivity contribution >= 4 is 5.91 Å². The highest BCUT2D eigenvalue weighted by molar-refractivity contribution is 5.76. The Hall–Kier alpha value is -0.570. The largest absolute Gasteiger partial charge is 0.394 e. The van der Waals surface area contributed by atoms with Crippen LogP contribution in [0.15, 0.2) is 0 Å². The highest BCUT2D eigenvalue weighted by Gasteiger charge is 2.34. The van der Waals surface area contributed by atoms with E-state index in [0.29, 0.717) is 6.42 Å². The molecule has 2 saturated carbocycles. The van der Waals surface area contributed by atoms with E-state index in [2.05, 4.69) is 12.2 Å². The second kappa shape index (κ2) is 6.74. The predicted octanol–water partition coefficient (Wildman–Crippen LogP) is 3.01. The van der Waals surface area contributed by atoms with Crippen molar-refractivity contribution in [2.24, 2.45) is 11.8 Å². The van der Waals surface area contributed by atoms with Crippen LogP contribution < -0.4 is 5.32 Å². The lowest BCUT2D eigenvalue weighted by molar-refractivity contribution is -0.124. The molecule has 2 aliphatic rings. The van der Waals surface area contributed by atoms with Crippen molar-refractivity contribution in [1.82, 2.24) is 5.32 Å². The lowest BCUT2D eigenvalue weighted by atomic mass is 9.77. The van der Waals surface area contributed by atoms with E-state index in [1.165, 1.54) is 25.7 Å². The van der Waals surface area contributed by atoms with Crippen LogP contribution in [-0.4, -0.2) is 23.2 Å². The maximum atomic E-state index is 12.1. The molecule has 2 aliphatic carbocycles. The predicted molar refractivity (Wildman–Crippen MR) is 76.8 cm³/mol. The summed E-state index contributed by atoms with van der Waals surface area (Å²) < 4.78 is 0. The lowest BCUT2D eigenvalue weighted by Crippen LogP contribution is -2.53. The van der Waals surface area contributed by atoms with Gasteiger partial charge in [-0.25, -0.2) is 0 Å². The Balaban J connectivity index is 1.75. The molecule has 0 aromatic heterocycles. The highest BCUT2D eigenvalue weighted by Crippen LogP contribution is 2.32. The van der Waals surface area contributed by atoms with Crippen LogP contribution in [0.1, 0.15) is 71.1 Å². The molecular formula is C16H29NO2. The van der Waals surface area contributed by atoms with Crippen molar-refractivity contribution in [3.63, 3.8) is 0 Å². The summed E-state index contributed by atoms with van der Waals surface area (Å²) >= 11 is 0. The van der Waals surface area contributed by atoms with Gasteiger partial charge in [-0.1, -0.05) is 32.6 Å². The smallest absolute Gasteiger partial charge is 0.220 e. The second-order valence-corrected chi connectivity index (χ2v) is 6.86. The Bertz CT molecular complexity index is 289. The zero-order chi connectivity index (χ0) is 13.7. The topological polar surface area (TPSA) is 49.3 Å². The van der Waals surface area contributed by atoms with Crippen molar-refractivity contribution in [1.29, 1.82) is 0 Å². The Labute approximate surface area is 117 Å². The molecule has 0 heterocycles. The Morgan fingerprint density at radius 1 is 1.21 bits per heavy atom. The molecule has 0 unspecified atom stereocenters. The van der Waals surface area contributed by atoms with E-state index in [9.17, 15) is 9.90 Å². The first-order chi connectivity index (χ1) is 9.13. The third-order valence-corrected chi connectivity index (χ3v) is 5.19. The minimum atomic E-state index is -0.320. The molecule has 110 valence electrons. The first-order valence-corrected chi connectivity index (χ1v) is 8.05. The molecule has 2 rings (SSSR count). The molecule has 0 aromatic rings. The van der Waals surface area contributed by atoms with Crippen molar-refractivity contribution < 1.29 is 9.90 Å². The molecule has 3 heteroatoms. The molecule has 19 heavy (non-hydrogen) atoms.